The van der Waals surface area contributed by atoms with Gasteiger partial charge in [0.1, 0.15) is 17.4 Å². The highest BCUT2D eigenvalue weighted by Gasteiger charge is 2.41. The van der Waals surface area contributed by atoms with Crippen molar-refractivity contribution in [2.24, 2.45) is 5.92 Å². The molecule has 0 saturated carbocycles. The van der Waals surface area contributed by atoms with E-state index in [1.807, 2.05) is 0 Å². The van der Waals surface area contributed by atoms with E-state index < -0.39 is 17.9 Å². The van der Waals surface area contributed by atoms with Gasteiger partial charge in [-0.05, 0) is 25.0 Å². The molecule has 0 bridgehead atoms. The second kappa shape index (κ2) is 5.08. The fourth-order valence-electron chi connectivity index (χ4n) is 2.33. The minimum atomic E-state index is -4.17. The van der Waals surface area contributed by atoms with Crippen LogP contribution < -0.4 is 4.90 Å². The van der Waals surface area contributed by atoms with Crippen LogP contribution >= 0.6 is 0 Å². The summed E-state index contributed by atoms with van der Waals surface area (Å²) in [6, 6.07) is 5.96. The van der Waals surface area contributed by atoms with Crippen molar-refractivity contribution >= 4 is 5.69 Å². The number of nitrogens with zero attached hydrogens (tertiary/aromatic N) is 2. The Morgan fingerprint density at radius 3 is 2.37 bits per heavy atom. The lowest BCUT2D eigenvalue weighted by Gasteiger charge is -2.34. The van der Waals surface area contributed by atoms with Crippen molar-refractivity contribution < 1.29 is 17.6 Å². The number of hydrogen-bond acceptors (Lipinski definition) is 2. The molecular weight excluding hydrogens is 260 g/mol. The van der Waals surface area contributed by atoms with Gasteiger partial charge in [-0.15, -0.1) is 0 Å². The Labute approximate surface area is 108 Å². The van der Waals surface area contributed by atoms with Crippen molar-refractivity contribution in [3.63, 3.8) is 0 Å². The lowest BCUT2D eigenvalue weighted by Crippen LogP contribution is -2.39. The maximum Gasteiger partial charge on any atom is 0.391 e. The Kier molecular flexibility index (Phi) is 3.65. The third-order valence-electron chi connectivity index (χ3n) is 3.40. The molecule has 0 radical (unpaired) electrons. The monoisotopic (exact) mass is 272 g/mol. The number of rotatable bonds is 1. The molecule has 1 aliphatic rings. The summed E-state index contributed by atoms with van der Waals surface area (Å²) in [7, 11) is 0. The summed E-state index contributed by atoms with van der Waals surface area (Å²) in [5.74, 6) is -1.94. The van der Waals surface area contributed by atoms with Crippen LogP contribution in [0.25, 0.3) is 0 Å². The van der Waals surface area contributed by atoms with Crippen molar-refractivity contribution in [1.82, 2.24) is 0 Å². The van der Waals surface area contributed by atoms with Crippen molar-refractivity contribution in [3.8, 4) is 6.07 Å². The predicted octanol–water partition coefficient (Wildman–Crippen LogP) is 3.48. The van der Waals surface area contributed by atoms with Crippen molar-refractivity contribution in [2.45, 2.75) is 19.0 Å². The molecule has 1 fully saturated rings. The number of anilines is 1. The normalized spacial score (nSPS) is 17.3. The summed E-state index contributed by atoms with van der Waals surface area (Å²) in [5.41, 5.74) is 0.274. The molecule has 1 aromatic carbocycles. The smallest absolute Gasteiger partial charge is 0.370 e. The summed E-state index contributed by atoms with van der Waals surface area (Å²) >= 11 is 0. The Hall–Kier alpha value is -1.77. The Morgan fingerprint density at radius 2 is 1.84 bits per heavy atom. The zero-order valence-corrected chi connectivity index (χ0v) is 10.0. The van der Waals surface area contributed by atoms with E-state index in [0.717, 1.165) is 0 Å². The zero-order valence-electron chi connectivity index (χ0n) is 10.0. The van der Waals surface area contributed by atoms with Gasteiger partial charge in [0.2, 0.25) is 0 Å². The Morgan fingerprint density at radius 1 is 1.21 bits per heavy atom. The van der Waals surface area contributed by atoms with E-state index in [1.54, 1.807) is 17.0 Å². The summed E-state index contributed by atoms with van der Waals surface area (Å²) in [4.78, 5) is 1.64. The van der Waals surface area contributed by atoms with E-state index in [4.69, 9.17) is 5.26 Å². The predicted molar refractivity (Wildman–Crippen MR) is 62.1 cm³/mol. The molecule has 0 atom stereocenters. The van der Waals surface area contributed by atoms with E-state index in [0.29, 0.717) is 5.69 Å². The number of halogens is 4. The van der Waals surface area contributed by atoms with Crippen LogP contribution in [0.2, 0.25) is 0 Å². The van der Waals surface area contributed by atoms with Crippen LogP contribution in [0.5, 0.6) is 0 Å². The highest BCUT2D eigenvalue weighted by molar-refractivity contribution is 5.60. The van der Waals surface area contributed by atoms with Crippen molar-refractivity contribution in [1.29, 1.82) is 5.26 Å². The molecule has 102 valence electrons. The molecule has 0 unspecified atom stereocenters. The summed E-state index contributed by atoms with van der Waals surface area (Å²) in [5, 5.41) is 8.91. The Bertz CT molecular complexity index is 496. The van der Waals surface area contributed by atoms with Gasteiger partial charge in [-0.1, -0.05) is 6.07 Å². The lowest BCUT2D eigenvalue weighted by molar-refractivity contribution is -0.179. The first-order valence-corrected chi connectivity index (χ1v) is 5.93. The molecular formula is C13H12F4N2. The average Bonchev–Trinajstić information content (AvgIpc) is 2.37. The number of alkyl halides is 3. The van der Waals surface area contributed by atoms with Crippen LogP contribution in [0.15, 0.2) is 18.2 Å². The van der Waals surface area contributed by atoms with Gasteiger partial charge in [-0.25, -0.2) is 4.39 Å². The molecule has 0 N–H and O–H groups in total. The number of piperidine rings is 1. The van der Waals surface area contributed by atoms with Gasteiger partial charge in [-0.2, -0.15) is 18.4 Å². The van der Waals surface area contributed by atoms with E-state index in [-0.39, 0.29) is 31.5 Å². The maximum atomic E-state index is 13.4. The summed E-state index contributed by atoms with van der Waals surface area (Å²) in [6.45, 7) is 0.366. The first-order valence-electron chi connectivity index (χ1n) is 5.93. The highest BCUT2D eigenvalue weighted by Crippen LogP contribution is 2.36. The Balaban J connectivity index is 2.15. The van der Waals surface area contributed by atoms with Crippen LogP contribution in [-0.4, -0.2) is 19.3 Å². The largest absolute Gasteiger partial charge is 0.391 e. The summed E-state index contributed by atoms with van der Waals surface area (Å²) < 4.78 is 51.1. The third kappa shape index (κ3) is 2.80. The van der Waals surface area contributed by atoms with Crippen LogP contribution in [0.1, 0.15) is 18.4 Å². The molecule has 0 amide bonds. The first-order chi connectivity index (χ1) is 8.93. The number of benzene rings is 1. The van der Waals surface area contributed by atoms with E-state index in [9.17, 15) is 17.6 Å². The highest BCUT2D eigenvalue weighted by atomic mass is 19.4. The molecule has 2 nitrogen and oxygen atoms in total. The lowest BCUT2D eigenvalue weighted by atomic mass is 9.95. The van der Waals surface area contributed by atoms with Gasteiger partial charge in [0, 0.05) is 13.1 Å². The molecule has 2 rings (SSSR count). The molecule has 1 heterocycles. The van der Waals surface area contributed by atoms with Crippen LogP contribution in [0.3, 0.4) is 0 Å². The van der Waals surface area contributed by atoms with Gasteiger partial charge in [-0.3, -0.25) is 0 Å². The van der Waals surface area contributed by atoms with Crippen LogP contribution in [-0.2, 0) is 0 Å². The standard InChI is InChI=1S/C13H12F4N2/c14-11-2-1-3-12(10(11)8-18)19-6-4-9(5-7-19)13(15,16)17/h1-3,9H,4-7H2. The molecule has 19 heavy (non-hydrogen) atoms. The van der Waals surface area contributed by atoms with Gasteiger partial charge in [0.05, 0.1) is 11.6 Å². The SMILES string of the molecule is N#Cc1c(F)cccc1N1CCC(C(F)(F)F)CC1. The van der Waals surface area contributed by atoms with Crippen LogP contribution in [0, 0.1) is 23.1 Å². The minimum Gasteiger partial charge on any atom is -0.370 e. The van der Waals surface area contributed by atoms with Gasteiger partial charge in [0.15, 0.2) is 0 Å². The van der Waals surface area contributed by atoms with Crippen molar-refractivity contribution in [3.05, 3.63) is 29.6 Å². The molecule has 1 aliphatic heterocycles. The van der Waals surface area contributed by atoms with Crippen molar-refractivity contribution in [2.75, 3.05) is 18.0 Å². The first kappa shape index (κ1) is 13.7. The molecule has 6 heteroatoms. The van der Waals surface area contributed by atoms with Gasteiger partial charge in [0.25, 0.3) is 0 Å². The van der Waals surface area contributed by atoms with Gasteiger partial charge < -0.3 is 4.90 Å². The summed E-state index contributed by atoms with van der Waals surface area (Å²) in [6.07, 6.45) is -4.22. The van der Waals surface area contributed by atoms with Gasteiger partial charge >= 0.3 is 6.18 Å². The quantitative estimate of drug-likeness (QED) is 0.732. The molecule has 0 aliphatic carbocycles. The van der Waals surface area contributed by atoms with E-state index in [2.05, 4.69) is 0 Å². The minimum absolute atomic E-state index is 0.0229. The zero-order chi connectivity index (χ0) is 14.0. The number of hydrogen-bond donors (Lipinski definition) is 0. The number of nitriles is 1. The average molecular weight is 272 g/mol. The fraction of sp³-hybridized carbons (Fsp3) is 0.462. The van der Waals surface area contributed by atoms with E-state index in [1.165, 1.54) is 12.1 Å². The molecule has 0 spiro atoms. The van der Waals surface area contributed by atoms with E-state index >= 15 is 0 Å². The molecule has 0 aromatic heterocycles. The topological polar surface area (TPSA) is 27.0 Å². The fourth-order valence-corrected chi connectivity index (χ4v) is 2.33. The maximum absolute atomic E-state index is 13.4. The van der Waals surface area contributed by atoms with Crippen LogP contribution in [0.4, 0.5) is 23.2 Å². The molecule has 1 saturated heterocycles. The second-order valence-corrected chi connectivity index (χ2v) is 4.55. The third-order valence-corrected chi connectivity index (χ3v) is 3.40. The molecule has 1 aromatic rings. The second-order valence-electron chi connectivity index (χ2n) is 4.55.